The molecule has 0 bridgehead atoms. The molecule has 7 nitrogen and oxygen atoms in total. The number of phenolic OH excluding ortho intramolecular Hbond substituents is 1. The number of hydrogen-bond donors (Lipinski definition) is 3. The van der Waals surface area contributed by atoms with Gasteiger partial charge in [0, 0.05) is 25.0 Å². The zero-order valence-electron chi connectivity index (χ0n) is 22.4. The number of likely N-dealkylation sites (N-methyl/N-ethyl adjacent to an activating group) is 1. The van der Waals surface area contributed by atoms with Gasteiger partial charge in [0.15, 0.2) is 4.77 Å². The van der Waals surface area contributed by atoms with Gasteiger partial charge in [0.05, 0.1) is 12.3 Å². The molecule has 38 heavy (non-hydrogen) atoms. The zero-order chi connectivity index (χ0) is 27.2. The molecule has 198 valence electrons. The Kier molecular flexibility index (Phi) is 8.66. The lowest BCUT2D eigenvalue weighted by atomic mass is 9.94. The number of nitrogens with one attached hydrogen (secondary N) is 2. The smallest absolute Gasteiger partial charge is 0.199 e. The number of rotatable bonds is 11. The van der Waals surface area contributed by atoms with Crippen molar-refractivity contribution in [3.05, 3.63) is 100 Å². The molecule has 0 spiro atoms. The van der Waals surface area contributed by atoms with E-state index in [2.05, 4.69) is 59.2 Å². The largest absolute Gasteiger partial charge is 0.507 e. The van der Waals surface area contributed by atoms with Crippen molar-refractivity contribution in [3.8, 4) is 11.4 Å². The Balaban J connectivity index is 1.29. The van der Waals surface area contributed by atoms with Crippen molar-refractivity contribution in [3.63, 3.8) is 0 Å². The maximum absolute atomic E-state index is 10.1. The average molecular weight is 530 g/mol. The van der Waals surface area contributed by atoms with Crippen LogP contribution in [0.5, 0.6) is 5.75 Å². The van der Waals surface area contributed by atoms with Gasteiger partial charge in [-0.25, -0.2) is 0 Å². The van der Waals surface area contributed by atoms with E-state index in [1.807, 2.05) is 54.8 Å². The lowest BCUT2D eigenvalue weighted by Gasteiger charge is -2.21. The van der Waals surface area contributed by atoms with Crippen molar-refractivity contribution in [1.82, 2.24) is 14.8 Å². The molecular formula is C30H35N5O2S. The minimum Gasteiger partial charge on any atom is -0.507 e. The summed E-state index contributed by atoms with van der Waals surface area (Å²) in [5.74, 6) is 0.353. The van der Waals surface area contributed by atoms with E-state index in [0.29, 0.717) is 23.9 Å². The van der Waals surface area contributed by atoms with Gasteiger partial charge in [-0.1, -0.05) is 18.7 Å². The maximum atomic E-state index is 10.1. The summed E-state index contributed by atoms with van der Waals surface area (Å²) >= 11 is 5.25. The van der Waals surface area contributed by atoms with Crippen LogP contribution in [0.15, 0.2) is 67.5 Å². The predicted octanol–water partition coefficient (Wildman–Crippen LogP) is 6.34. The van der Waals surface area contributed by atoms with E-state index in [4.69, 9.17) is 17.0 Å². The zero-order valence-corrected chi connectivity index (χ0v) is 23.2. The van der Waals surface area contributed by atoms with Gasteiger partial charge < -0.3 is 20.1 Å². The molecule has 0 saturated carbocycles. The monoisotopic (exact) mass is 529 g/mol. The number of aryl methyl sites for hydroxylation is 3. The lowest BCUT2D eigenvalue weighted by Crippen LogP contribution is -2.23. The summed E-state index contributed by atoms with van der Waals surface area (Å²) in [5, 5.41) is 20.1. The van der Waals surface area contributed by atoms with Gasteiger partial charge in [-0.3, -0.25) is 9.67 Å². The molecule has 0 aliphatic heterocycles. The predicted molar refractivity (Wildman–Crippen MR) is 158 cm³/mol. The number of aromatic nitrogens is 3. The minimum absolute atomic E-state index is 0.353. The molecule has 3 aromatic carbocycles. The number of ether oxygens (including phenoxy) is 1. The molecule has 0 saturated heterocycles. The quantitative estimate of drug-likeness (QED) is 0.120. The maximum Gasteiger partial charge on any atom is 0.199 e. The fraction of sp³-hybridized carbons (Fsp3) is 0.267. The highest BCUT2D eigenvalue weighted by atomic mass is 32.1. The Morgan fingerprint density at radius 3 is 2.58 bits per heavy atom. The number of benzene rings is 3. The van der Waals surface area contributed by atoms with Gasteiger partial charge in [-0.05, 0) is 115 Å². The van der Waals surface area contributed by atoms with Gasteiger partial charge in [0.2, 0.25) is 0 Å². The summed E-state index contributed by atoms with van der Waals surface area (Å²) in [6, 6.07) is 18.5. The van der Waals surface area contributed by atoms with Crippen LogP contribution in [0.4, 0.5) is 11.4 Å². The van der Waals surface area contributed by atoms with Crippen molar-refractivity contribution >= 4 is 29.2 Å². The summed E-state index contributed by atoms with van der Waals surface area (Å²) < 4.78 is 8.22. The molecule has 0 aliphatic rings. The summed E-state index contributed by atoms with van der Waals surface area (Å²) in [6.45, 7) is 12.0. The molecule has 4 aromatic rings. The fourth-order valence-electron chi connectivity index (χ4n) is 4.31. The fourth-order valence-corrected chi connectivity index (χ4v) is 4.52. The van der Waals surface area contributed by atoms with Gasteiger partial charge in [-0.2, -0.15) is 5.10 Å². The molecular weight excluding hydrogens is 494 g/mol. The molecule has 0 fully saturated rings. The van der Waals surface area contributed by atoms with Crippen molar-refractivity contribution in [1.29, 1.82) is 0 Å². The number of anilines is 2. The molecule has 1 aromatic heterocycles. The highest BCUT2D eigenvalue weighted by Crippen LogP contribution is 2.29. The molecule has 3 N–H and O–H groups in total. The van der Waals surface area contributed by atoms with Crippen molar-refractivity contribution in [2.75, 3.05) is 37.1 Å². The van der Waals surface area contributed by atoms with Crippen LogP contribution in [0.1, 0.15) is 27.8 Å². The van der Waals surface area contributed by atoms with Crippen LogP contribution in [-0.2, 0) is 11.2 Å². The van der Waals surface area contributed by atoms with Gasteiger partial charge in [0.1, 0.15) is 18.8 Å². The number of aromatic hydroxyl groups is 1. The van der Waals surface area contributed by atoms with E-state index >= 15 is 0 Å². The lowest BCUT2D eigenvalue weighted by molar-refractivity contribution is 0.159. The Morgan fingerprint density at radius 1 is 1.11 bits per heavy atom. The third-order valence-electron chi connectivity index (χ3n) is 6.70. The number of nitrogens with zero attached hydrogens (tertiary/aromatic N) is 3. The normalized spacial score (nSPS) is 10.9. The number of aromatic amines is 1. The van der Waals surface area contributed by atoms with E-state index in [-0.39, 0.29) is 0 Å². The second kappa shape index (κ2) is 12.1. The van der Waals surface area contributed by atoms with Crippen LogP contribution in [0, 0.1) is 25.5 Å². The van der Waals surface area contributed by atoms with Crippen molar-refractivity contribution < 1.29 is 9.84 Å². The van der Waals surface area contributed by atoms with Gasteiger partial charge >= 0.3 is 0 Å². The van der Waals surface area contributed by atoms with Crippen LogP contribution in [-0.4, -0.2) is 46.8 Å². The van der Waals surface area contributed by atoms with Crippen LogP contribution in [0.25, 0.3) is 11.3 Å². The van der Waals surface area contributed by atoms with E-state index in [9.17, 15) is 5.11 Å². The molecule has 0 amide bonds. The van der Waals surface area contributed by atoms with Crippen LogP contribution < -0.4 is 10.2 Å². The Labute approximate surface area is 229 Å². The summed E-state index contributed by atoms with van der Waals surface area (Å²) in [6.07, 6.45) is 2.41. The van der Waals surface area contributed by atoms with E-state index in [1.165, 1.54) is 11.1 Å². The topological polar surface area (TPSA) is 78.3 Å². The first-order valence-corrected chi connectivity index (χ1v) is 13.0. The van der Waals surface area contributed by atoms with Crippen LogP contribution in [0.3, 0.4) is 0 Å². The van der Waals surface area contributed by atoms with Gasteiger partial charge in [0.25, 0.3) is 0 Å². The first kappa shape index (κ1) is 27.2. The molecule has 0 unspecified atom stereocenters. The minimum atomic E-state index is 0.353. The third kappa shape index (κ3) is 6.51. The highest BCUT2D eigenvalue weighted by Gasteiger charge is 2.10. The molecule has 4 rings (SSSR count). The number of allylic oxidation sites excluding steroid dienone is 1. The summed E-state index contributed by atoms with van der Waals surface area (Å²) in [4.78, 5) is 2.20. The Hall–Kier alpha value is -3.88. The summed E-state index contributed by atoms with van der Waals surface area (Å²) in [5.41, 5.74) is 9.33. The molecule has 8 heteroatoms. The third-order valence-corrected chi connectivity index (χ3v) is 6.99. The number of hydrogen-bond acceptors (Lipinski definition) is 6. The second-order valence-corrected chi connectivity index (χ2v) is 9.97. The van der Waals surface area contributed by atoms with E-state index in [1.54, 1.807) is 6.33 Å². The van der Waals surface area contributed by atoms with Crippen molar-refractivity contribution in [2.45, 2.75) is 27.2 Å². The van der Waals surface area contributed by atoms with E-state index < -0.39 is 0 Å². The molecule has 0 atom stereocenters. The SMILES string of the molecule is C=C(Cc1cc(N(C)CCOCNc2cccc(-n3cn[nH]c3=S)c2)ccc1C)c1cc(C)c(O)c(C)c1. The Morgan fingerprint density at radius 2 is 1.87 bits per heavy atom. The van der Waals surface area contributed by atoms with Crippen LogP contribution >= 0.6 is 12.2 Å². The van der Waals surface area contributed by atoms with E-state index in [0.717, 1.165) is 52.3 Å². The first-order chi connectivity index (χ1) is 18.2. The standard InChI is InChI=1S/C30H35N5O2S/c1-20-9-10-27(16-25(20)13-21(2)24-14-22(3)29(36)23(4)15-24)34(5)11-12-37-19-31-26-7-6-8-28(17-26)35-18-32-33-30(35)38/h6-10,14-18,31,36H,2,11-13,19H2,1,3-5H3,(H,33,38). The van der Waals surface area contributed by atoms with Gasteiger partial charge in [-0.15, -0.1) is 0 Å². The Bertz CT molecular complexity index is 1470. The summed E-state index contributed by atoms with van der Waals surface area (Å²) in [7, 11) is 2.07. The average Bonchev–Trinajstić information content (AvgIpc) is 3.33. The first-order valence-electron chi connectivity index (χ1n) is 12.6. The number of H-pyrrole nitrogens is 1. The van der Waals surface area contributed by atoms with Crippen molar-refractivity contribution in [2.24, 2.45) is 0 Å². The molecule has 1 heterocycles. The van der Waals surface area contributed by atoms with Crippen LogP contribution in [0.2, 0.25) is 0 Å². The number of phenols is 1. The molecule has 0 aliphatic carbocycles. The second-order valence-electron chi connectivity index (χ2n) is 9.58. The molecule has 0 radical (unpaired) electrons. The highest BCUT2D eigenvalue weighted by molar-refractivity contribution is 7.71.